The SMILES string of the molecule is CC1(C)C2=C(C(=O)c3ccc(OCCn4ccnc4)cc31)c1ccc(C#N)cc1C2. The Balaban J connectivity index is 1.47. The highest BCUT2D eigenvalue weighted by Crippen LogP contribution is 2.50. The Morgan fingerprint density at radius 2 is 2.03 bits per heavy atom. The van der Waals surface area contributed by atoms with Crippen molar-refractivity contribution < 1.29 is 9.53 Å². The molecule has 148 valence electrons. The van der Waals surface area contributed by atoms with E-state index in [0.717, 1.165) is 39.1 Å². The summed E-state index contributed by atoms with van der Waals surface area (Å²) >= 11 is 0. The van der Waals surface area contributed by atoms with E-state index in [9.17, 15) is 10.1 Å². The number of fused-ring (bicyclic) bond motifs is 3. The number of hydrogen-bond donors (Lipinski definition) is 0. The molecule has 0 N–H and O–H groups in total. The molecular formula is C25H21N3O2. The summed E-state index contributed by atoms with van der Waals surface area (Å²) in [7, 11) is 0. The second kappa shape index (κ2) is 6.70. The minimum absolute atomic E-state index is 0.0627. The molecule has 0 atom stereocenters. The van der Waals surface area contributed by atoms with E-state index in [2.05, 4.69) is 24.9 Å². The first kappa shape index (κ1) is 18.4. The minimum Gasteiger partial charge on any atom is -0.492 e. The molecule has 5 rings (SSSR count). The van der Waals surface area contributed by atoms with Gasteiger partial charge in [0.25, 0.3) is 0 Å². The quantitative estimate of drug-likeness (QED) is 0.660. The van der Waals surface area contributed by atoms with Gasteiger partial charge < -0.3 is 9.30 Å². The van der Waals surface area contributed by atoms with Crippen molar-refractivity contribution in [3.05, 3.63) is 88.5 Å². The lowest BCUT2D eigenvalue weighted by Gasteiger charge is -2.34. The van der Waals surface area contributed by atoms with Gasteiger partial charge in [-0.05, 0) is 59.0 Å². The van der Waals surface area contributed by atoms with Crippen LogP contribution < -0.4 is 4.74 Å². The van der Waals surface area contributed by atoms with E-state index < -0.39 is 0 Å². The number of imidazole rings is 1. The maximum absolute atomic E-state index is 13.4. The van der Waals surface area contributed by atoms with E-state index in [0.29, 0.717) is 25.1 Å². The van der Waals surface area contributed by atoms with Crippen molar-refractivity contribution in [1.29, 1.82) is 5.26 Å². The Hall–Kier alpha value is -3.65. The number of nitriles is 1. The number of rotatable bonds is 4. The number of Topliss-reactive ketones (excluding diaryl/α,β-unsaturated/α-hetero) is 1. The lowest BCUT2D eigenvalue weighted by Crippen LogP contribution is -2.29. The van der Waals surface area contributed by atoms with Crippen molar-refractivity contribution in [3.63, 3.8) is 0 Å². The van der Waals surface area contributed by atoms with Crippen molar-refractivity contribution in [1.82, 2.24) is 9.55 Å². The highest BCUT2D eigenvalue weighted by Gasteiger charge is 2.42. The molecule has 2 aliphatic rings. The van der Waals surface area contributed by atoms with Gasteiger partial charge in [0.2, 0.25) is 0 Å². The molecule has 0 saturated carbocycles. The van der Waals surface area contributed by atoms with Gasteiger partial charge in [0, 0.05) is 28.9 Å². The number of carbonyl (C=O) groups excluding carboxylic acids is 1. The molecule has 0 fully saturated rings. The highest BCUT2D eigenvalue weighted by atomic mass is 16.5. The third-order valence-corrected chi connectivity index (χ3v) is 6.24. The van der Waals surface area contributed by atoms with Gasteiger partial charge in [-0.3, -0.25) is 4.79 Å². The lowest BCUT2D eigenvalue weighted by atomic mass is 9.68. The van der Waals surface area contributed by atoms with Gasteiger partial charge in [0.15, 0.2) is 5.78 Å². The monoisotopic (exact) mass is 395 g/mol. The van der Waals surface area contributed by atoms with E-state index in [1.54, 1.807) is 18.6 Å². The van der Waals surface area contributed by atoms with Crippen LogP contribution in [-0.4, -0.2) is 21.9 Å². The average Bonchev–Trinajstić information content (AvgIpc) is 3.40. The van der Waals surface area contributed by atoms with Crippen LogP contribution >= 0.6 is 0 Å². The number of allylic oxidation sites excluding steroid dienone is 2. The molecule has 5 nitrogen and oxygen atoms in total. The normalized spacial score (nSPS) is 16.0. The molecule has 2 aliphatic carbocycles. The number of aromatic nitrogens is 2. The zero-order valence-electron chi connectivity index (χ0n) is 17.0. The summed E-state index contributed by atoms with van der Waals surface area (Å²) in [6, 6.07) is 13.6. The topological polar surface area (TPSA) is 67.9 Å². The van der Waals surface area contributed by atoms with Crippen molar-refractivity contribution >= 4 is 11.4 Å². The fourth-order valence-electron chi connectivity index (χ4n) is 4.60. The summed E-state index contributed by atoms with van der Waals surface area (Å²) < 4.78 is 7.93. The minimum atomic E-state index is -0.297. The van der Waals surface area contributed by atoms with Crippen LogP contribution in [0, 0.1) is 11.3 Å². The number of ketones is 1. The summed E-state index contributed by atoms with van der Waals surface area (Å²) in [5.74, 6) is 0.828. The zero-order chi connectivity index (χ0) is 20.9. The van der Waals surface area contributed by atoms with Gasteiger partial charge in [-0.1, -0.05) is 19.9 Å². The maximum atomic E-state index is 13.4. The first-order valence-corrected chi connectivity index (χ1v) is 10.0. The van der Waals surface area contributed by atoms with Gasteiger partial charge in [-0.25, -0.2) is 4.98 Å². The van der Waals surface area contributed by atoms with E-state index in [1.165, 1.54) is 0 Å². The van der Waals surface area contributed by atoms with Crippen LogP contribution in [0.5, 0.6) is 5.75 Å². The van der Waals surface area contributed by atoms with E-state index in [-0.39, 0.29) is 11.2 Å². The highest BCUT2D eigenvalue weighted by molar-refractivity contribution is 6.33. The summed E-state index contributed by atoms with van der Waals surface area (Å²) in [5, 5.41) is 9.24. The predicted molar refractivity (Wildman–Crippen MR) is 113 cm³/mol. The molecule has 0 aliphatic heterocycles. The average molecular weight is 395 g/mol. The van der Waals surface area contributed by atoms with E-state index in [4.69, 9.17) is 4.74 Å². The van der Waals surface area contributed by atoms with Crippen molar-refractivity contribution in [2.45, 2.75) is 32.2 Å². The zero-order valence-corrected chi connectivity index (χ0v) is 17.0. The van der Waals surface area contributed by atoms with Crippen LogP contribution in [0.3, 0.4) is 0 Å². The smallest absolute Gasteiger partial charge is 0.193 e. The molecule has 3 aromatic rings. The summed E-state index contributed by atoms with van der Waals surface area (Å²) in [5.41, 5.74) is 6.02. The Morgan fingerprint density at radius 3 is 2.80 bits per heavy atom. The Kier molecular flexibility index (Phi) is 4.11. The molecule has 0 bridgehead atoms. The maximum Gasteiger partial charge on any atom is 0.193 e. The van der Waals surface area contributed by atoms with Gasteiger partial charge >= 0.3 is 0 Å². The Morgan fingerprint density at radius 1 is 1.20 bits per heavy atom. The van der Waals surface area contributed by atoms with E-state index >= 15 is 0 Å². The first-order valence-electron chi connectivity index (χ1n) is 10.0. The molecule has 0 unspecified atom stereocenters. The van der Waals surface area contributed by atoms with Crippen molar-refractivity contribution in [2.24, 2.45) is 0 Å². The van der Waals surface area contributed by atoms with Crippen LogP contribution in [0.4, 0.5) is 0 Å². The van der Waals surface area contributed by atoms with Gasteiger partial charge in [0.1, 0.15) is 12.4 Å². The number of carbonyl (C=O) groups is 1. The van der Waals surface area contributed by atoms with Crippen LogP contribution in [0.15, 0.2) is 60.7 Å². The molecule has 0 spiro atoms. The van der Waals surface area contributed by atoms with Crippen LogP contribution in [0.25, 0.3) is 5.57 Å². The van der Waals surface area contributed by atoms with Gasteiger partial charge in [-0.15, -0.1) is 0 Å². The summed E-state index contributed by atoms with van der Waals surface area (Å²) in [4.78, 5) is 17.4. The van der Waals surface area contributed by atoms with E-state index in [1.807, 2.05) is 41.1 Å². The fourth-order valence-corrected chi connectivity index (χ4v) is 4.60. The standard InChI is InChI=1S/C25H21N3O2/c1-25(2)21-13-18(30-10-9-28-8-7-27-15-28)4-6-20(21)24(29)23-19-5-3-16(14-26)11-17(19)12-22(23)25/h3-8,11,13,15H,9-10,12H2,1-2H3. The van der Waals surface area contributed by atoms with Crippen molar-refractivity contribution in [3.8, 4) is 11.8 Å². The number of hydrogen-bond acceptors (Lipinski definition) is 4. The third-order valence-electron chi connectivity index (χ3n) is 6.24. The molecule has 0 radical (unpaired) electrons. The fraction of sp³-hybridized carbons (Fsp3) is 0.240. The molecule has 5 heteroatoms. The van der Waals surface area contributed by atoms with Crippen LogP contribution in [-0.2, 0) is 18.4 Å². The lowest BCUT2D eigenvalue weighted by molar-refractivity contribution is 0.105. The molecule has 1 heterocycles. The molecule has 30 heavy (non-hydrogen) atoms. The number of ether oxygens (including phenoxy) is 1. The largest absolute Gasteiger partial charge is 0.492 e. The Bertz CT molecular complexity index is 1240. The van der Waals surface area contributed by atoms with Crippen LogP contribution in [0.2, 0.25) is 0 Å². The molecule has 0 saturated heterocycles. The second-order valence-electron chi connectivity index (χ2n) is 8.32. The summed E-state index contributed by atoms with van der Waals surface area (Å²) in [6.45, 7) is 5.57. The van der Waals surface area contributed by atoms with Gasteiger partial charge in [0.05, 0.1) is 24.5 Å². The molecular weight excluding hydrogens is 374 g/mol. The molecule has 1 aromatic heterocycles. The summed E-state index contributed by atoms with van der Waals surface area (Å²) in [6.07, 6.45) is 6.12. The first-order chi connectivity index (χ1) is 14.5. The second-order valence-corrected chi connectivity index (χ2v) is 8.32. The third kappa shape index (κ3) is 2.76. The van der Waals surface area contributed by atoms with Crippen molar-refractivity contribution in [2.75, 3.05) is 6.61 Å². The molecule has 0 amide bonds. The number of benzene rings is 2. The Labute approximate surface area is 175 Å². The molecule has 2 aromatic carbocycles. The van der Waals surface area contributed by atoms with Crippen LogP contribution in [0.1, 0.15) is 46.5 Å². The van der Waals surface area contributed by atoms with Gasteiger partial charge in [-0.2, -0.15) is 5.26 Å². The predicted octanol–water partition coefficient (Wildman–Crippen LogP) is 4.32. The number of nitrogens with zero attached hydrogens (tertiary/aromatic N) is 3.